The third-order valence-corrected chi connectivity index (χ3v) is 2.97. The van der Waals surface area contributed by atoms with Gasteiger partial charge in [0, 0.05) is 12.6 Å². The van der Waals surface area contributed by atoms with Crippen LogP contribution in [-0.2, 0) is 4.79 Å². The molecule has 0 aromatic carbocycles. The maximum atomic E-state index is 11.4. The van der Waals surface area contributed by atoms with Gasteiger partial charge >= 0.3 is 0 Å². The fourth-order valence-electron chi connectivity index (χ4n) is 2.07. The van der Waals surface area contributed by atoms with E-state index in [-0.39, 0.29) is 11.3 Å². The van der Waals surface area contributed by atoms with Crippen LogP contribution in [-0.4, -0.2) is 25.5 Å². The summed E-state index contributed by atoms with van der Waals surface area (Å²) < 4.78 is 0. The van der Waals surface area contributed by atoms with Gasteiger partial charge in [0.1, 0.15) is 0 Å². The molecule has 1 amide bonds. The Hall–Kier alpha value is -0.570. The number of piperidine rings is 1. The molecule has 2 N–H and O–H groups in total. The second-order valence-electron chi connectivity index (χ2n) is 3.54. The molecule has 0 aromatic heterocycles. The lowest BCUT2D eigenvalue weighted by atomic mass is 9.89. The molecule has 0 unspecified atom stereocenters. The molecule has 1 heterocycles. The third-order valence-electron chi connectivity index (χ3n) is 2.97. The molecule has 2 fully saturated rings. The van der Waals surface area contributed by atoms with E-state index in [0.29, 0.717) is 6.04 Å². The van der Waals surface area contributed by atoms with Crippen LogP contribution in [0.25, 0.3) is 0 Å². The molecule has 62 valence electrons. The van der Waals surface area contributed by atoms with E-state index < -0.39 is 0 Å². The lowest BCUT2D eigenvalue weighted by molar-refractivity contribution is -0.129. The highest BCUT2D eigenvalue weighted by molar-refractivity contribution is 5.87. The van der Waals surface area contributed by atoms with Gasteiger partial charge in [0.25, 0.3) is 0 Å². The van der Waals surface area contributed by atoms with Gasteiger partial charge in [-0.3, -0.25) is 4.79 Å². The Labute approximate surface area is 66.5 Å². The predicted octanol–water partition coefficient (Wildman–Crippen LogP) is -0.126. The monoisotopic (exact) mass is 154 g/mol. The molecule has 0 radical (unpaired) electrons. The largest absolute Gasteiger partial charge is 0.356 e. The van der Waals surface area contributed by atoms with Gasteiger partial charge in [0.05, 0.1) is 5.41 Å². The van der Waals surface area contributed by atoms with E-state index in [2.05, 4.69) is 10.6 Å². The van der Waals surface area contributed by atoms with Crippen molar-refractivity contribution < 1.29 is 4.79 Å². The van der Waals surface area contributed by atoms with Crippen LogP contribution in [0, 0.1) is 5.41 Å². The molecule has 3 nitrogen and oxygen atoms in total. The van der Waals surface area contributed by atoms with Gasteiger partial charge < -0.3 is 10.6 Å². The minimum atomic E-state index is -0.00694. The lowest BCUT2D eigenvalue weighted by Gasteiger charge is -2.30. The number of rotatable bonds is 1. The minimum absolute atomic E-state index is 0.00694. The molecule has 1 atom stereocenters. The molecule has 1 aliphatic heterocycles. The smallest absolute Gasteiger partial charge is 0.227 e. The zero-order chi connectivity index (χ0) is 7.90. The van der Waals surface area contributed by atoms with Crippen molar-refractivity contribution in [3.8, 4) is 0 Å². The van der Waals surface area contributed by atoms with Crippen molar-refractivity contribution in [2.75, 3.05) is 13.6 Å². The quantitative estimate of drug-likeness (QED) is 0.552. The van der Waals surface area contributed by atoms with Crippen LogP contribution in [0.2, 0.25) is 0 Å². The van der Waals surface area contributed by atoms with Crippen LogP contribution in [0.3, 0.4) is 0 Å². The Kier molecular flexibility index (Phi) is 1.42. The zero-order valence-electron chi connectivity index (χ0n) is 6.81. The van der Waals surface area contributed by atoms with Crippen LogP contribution in [0.5, 0.6) is 0 Å². The highest BCUT2D eigenvalue weighted by Crippen LogP contribution is 2.50. The average Bonchev–Trinajstić information content (AvgIpc) is 2.77. The molecule has 0 bridgehead atoms. The van der Waals surface area contributed by atoms with Crippen LogP contribution in [0.4, 0.5) is 0 Å². The summed E-state index contributed by atoms with van der Waals surface area (Å²) in [7, 11) is 1.95. The molecule has 2 aliphatic rings. The number of hydrogen-bond acceptors (Lipinski definition) is 2. The first-order valence-corrected chi connectivity index (χ1v) is 4.25. The van der Waals surface area contributed by atoms with E-state index in [9.17, 15) is 4.79 Å². The van der Waals surface area contributed by atoms with Crippen LogP contribution < -0.4 is 10.6 Å². The van der Waals surface area contributed by atoms with Crippen molar-refractivity contribution in [3.63, 3.8) is 0 Å². The maximum Gasteiger partial charge on any atom is 0.227 e. The molecule has 1 saturated heterocycles. The predicted molar refractivity (Wildman–Crippen MR) is 42.1 cm³/mol. The minimum Gasteiger partial charge on any atom is -0.356 e. The zero-order valence-corrected chi connectivity index (χ0v) is 6.81. The summed E-state index contributed by atoms with van der Waals surface area (Å²) in [5.41, 5.74) is -0.00694. The van der Waals surface area contributed by atoms with Gasteiger partial charge in [-0.2, -0.15) is 0 Å². The number of carbonyl (C=O) groups is 1. The normalized spacial score (nSPS) is 33.5. The highest BCUT2D eigenvalue weighted by Gasteiger charge is 2.56. The van der Waals surface area contributed by atoms with Gasteiger partial charge in [-0.25, -0.2) is 0 Å². The van der Waals surface area contributed by atoms with Crippen molar-refractivity contribution in [2.45, 2.75) is 25.3 Å². The second-order valence-corrected chi connectivity index (χ2v) is 3.54. The van der Waals surface area contributed by atoms with Gasteiger partial charge in [0.2, 0.25) is 5.91 Å². The first-order valence-electron chi connectivity index (χ1n) is 4.25. The Morgan fingerprint density at radius 2 is 2.36 bits per heavy atom. The van der Waals surface area contributed by atoms with Crippen LogP contribution in [0.15, 0.2) is 0 Å². The first-order chi connectivity index (χ1) is 5.29. The summed E-state index contributed by atoms with van der Waals surface area (Å²) in [5, 5.41) is 6.15. The fourth-order valence-corrected chi connectivity index (χ4v) is 2.07. The highest BCUT2D eigenvalue weighted by atomic mass is 16.2. The summed E-state index contributed by atoms with van der Waals surface area (Å²) in [6.07, 6.45) is 3.23. The SMILES string of the molecule is CN[C@H]1CCNC(=O)C12CC2. The van der Waals surface area contributed by atoms with Crippen molar-refractivity contribution >= 4 is 5.91 Å². The summed E-state index contributed by atoms with van der Waals surface area (Å²) >= 11 is 0. The van der Waals surface area contributed by atoms with E-state index >= 15 is 0 Å². The standard InChI is InChI=1S/C8H14N2O/c1-9-6-2-5-10-7(11)8(6)3-4-8/h6,9H,2-5H2,1H3,(H,10,11)/t6-/m0/s1. The molecule has 11 heavy (non-hydrogen) atoms. The Balaban J connectivity index is 2.15. The van der Waals surface area contributed by atoms with Crippen LogP contribution in [0.1, 0.15) is 19.3 Å². The fraction of sp³-hybridized carbons (Fsp3) is 0.875. The molecule has 0 aromatic rings. The van der Waals surface area contributed by atoms with E-state index in [0.717, 1.165) is 25.8 Å². The number of nitrogens with one attached hydrogen (secondary N) is 2. The topological polar surface area (TPSA) is 41.1 Å². The number of hydrogen-bond donors (Lipinski definition) is 2. The number of carbonyl (C=O) groups excluding carboxylic acids is 1. The Bertz CT molecular complexity index is 187. The molecule has 1 spiro atoms. The molecular weight excluding hydrogens is 140 g/mol. The molecular formula is C8H14N2O. The van der Waals surface area contributed by atoms with Gasteiger partial charge in [-0.15, -0.1) is 0 Å². The second kappa shape index (κ2) is 2.21. The van der Waals surface area contributed by atoms with Crippen molar-refractivity contribution in [2.24, 2.45) is 5.41 Å². The van der Waals surface area contributed by atoms with E-state index in [1.54, 1.807) is 0 Å². The average molecular weight is 154 g/mol. The summed E-state index contributed by atoms with van der Waals surface area (Å²) in [6.45, 7) is 0.839. The van der Waals surface area contributed by atoms with Crippen molar-refractivity contribution in [1.82, 2.24) is 10.6 Å². The third kappa shape index (κ3) is 0.872. The van der Waals surface area contributed by atoms with Gasteiger partial charge in [-0.05, 0) is 26.3 Å². The van der Waals surface area contributed by atoms with E-state index in [1.165, 1.54) is 0 Å². The molecule has 1 aliphatic carbocycles. The van der Waals surface area contributed by atoms with E-state index in [4.69, 9.17) is 0 Å². The summed E-state index contributed by atoms with van der Waals surface area (Å²) in [5.74, 6) is 0.267. The van der Waals surface area contributed by atoms with Crippen molar-refractivity contribution in [3.05, 3.63) is 0 Å². The Morgan fingerprint density at radius 1 is 1.64 bits per heavy atom. The van der Waals surface area contributed by atoms with Crippen LogP contribution >= 0.6 is 0 Å². The van der Waals surface area contributed by atoms with Gasteiger partial charge in [-0.1, -0.05) is 0 Å². The number of amides is 1. The molecule has 2 rings (SSSR count). The lowest BCUT2D eigenvalue weighted by Crippen LogP contribution is -2.51. The van der Waals surface area contributed by atoms with Crippen molar-refractivity contribution in [1.29, 1.82) is 0 Å². The first kappa shape index (κ1) is 7.10. The molecule has 3 heteroatoms. The van der Waals surface area contributed by atoms with E-state index in [1.807, 2.05) is 7.05 Å². The molecule has 1 saturated carbocycles. The summed E-state index contributed by atoms with van der Waals surface area (Å²) in [4.78, 5) is 11.4. The van der Waals surface area contributed by atoms with Gasteiger partial charge in [0.15, 0.2) is 0 Å². The summed E-state index contributed by atoms with van der Waals surface area (Å²) in [6, 6.07) is 0.427. The Morgan fingerprint density at radius 3 is 2.82 bits per heavy atom. The maximum absolute atomic E-state index is 11.4.